The number of fused-ring (bicyclic) bond motifs is 1. The Labute approximate surface area is 129 Å². The van der Waals surface area contributed by atoms with E-state index in [9.17, 15) is 13.5 Å². The van der Waals surface area contributed by atoms with Gasteiger partial charge in [-0.2, -0.15) is 4.72 Å². The molecule has 0 fully saturated rings. The van der Waals surface area contributed by atoms with E-state index < -0.39 is 15.6 Å². The fourth-order valence-corrected chi connectivity index (χ4v) is 4.89. The maximum absolute atomic E-state index is 12.7. The zero-order chi connectivity index (χ0) is 16.0. The van der Waals surface area contributed by atoms with Crippen molar-refractivity contribution in [1.82, 2.24) is 9.88 Å². The summed E-state index contributed by atoms with van der Waals surface area (Å²) in [6.45, 7) is 2.84. The van der Waals surface area contributed by atoms with Crippen LogP contribution < -0.4 is 4.72 Å². The lowest BCUT2D eigenvalue weighted by atomic mass is 9.94. The molecule has 0 radical (unpaired) electrons. The van der Waals surface area contributed by atoms with E-state index in [-0.39, 0.29) is 17.3 Å². The predicted molar refractivity (Wildman–Crippen MR) is 79.8 cm³/mol. The molecular weight excluding hydrogens is 304 g/mol. The Morgan fingerprint density at radius 1 is 1.36 bits per heavy atom. The van der Waals surface area contributed by atoms with E-state index in [0.717, 1.165) is 17.5 Å². The van der Waals surface area contributed by atoms with Crippen LogP contribution in [0.1, 0.15) is 29.0 Å². The van der Waals surface area contributed by atoms with Gasteiger partial charge in [0, 0.05) is 0 Å². The second kappa shape index (κ2) is 5.19. The maximum Gasteiger partial charge on any atom is 0.246 e. The lowest BCUT2D eigenvalue weighted by Gasteiger charge is -2.29. The fourth-order valence-electron chi connectivity index (χ4n) is 3.16. The lowest BCUT2D eigenvalue weighted by molar-refractivity contribution is 0.182. The summed E-state index contributed by atoms with van der Waals surface area (Å²) in [6, 6.07) is 7.57. The van der Waals surface area contributed by atoms with Crippen molar-refractivity contribution in [2.45, 2.75) is 37.1 Å². The number of aromatic nitrogens is 1. The minimum atomic E-state index is -3.84. The smallest absolute Gasteiger partial charge is 0.246 e. The van der Waals surface area contributed by atoms with Crippen molar-refractivity contribution in [1.29, 1.82) is 0 Å². The molecule has 0 aliphatic heterocycles. The molecule has 118 valence electrons. The first kappa shape index (κ1) is 15.2. The fraction of sp³-hybridized carbons (Fsp3) is 0.400. The van der Waals surface area contributed by atoms with Crippen LogP contribution in [-0.4, -0.2) is 25.3 Å². The molecule has 22 heavy (non-hydrogen) atoms. The quantitative estimate of drug-likeness (QED) is 0.888. The van der Waals surface area contributed by atoms with Crippen LogP contribution in [0.4, 0.5) is 0 Å². The number of nitrogens with zero attached hydrogens (tertiary/aromatic N) is 1. The summed E-state index contributed by atoms with van der Waals surface area (Å²) in [5.41, 5.74) is 1.20. The van der Waals surface area contributed by atoms with Crippen molar-refractivity contribution in [3.8, 4) is 0 Å². The lowest BCUT2D eigenvalue weighted by Crippen LogP contribution is -2.47. The largest absolute Gasteiger partial charge is 0.394 e. The van der Waals surface area contributed by atoms with Crippen LogP contribution in [0.15, 0.2) is 33.7 Å². The first-order valence-corrected chi connectivity index (χ1v) is 8.54. The van der Waals surface area contributed by atoms with Crippen molar-refractivity contribution in [3.05, 3.63) is 46.8 Å². The molecule has 2 aromatic rings. The number of rotatable bonds is 4. The molecule has 3 rings (SSSR count). The number of aliphatic hydroxyl groups excluding tert-OH is 1. The zero-order valence-electron chi connectivity index (χ0n) is 12.5. The van der Waals surface area contributed by atoms with Crippen LogP contribution in [0.25, 0.3) is 0 Å². The molecule has 0 spiro atoms. The Kier molecular flexibility index (Phi) is 3.58. The average molecular weight is 322 g/mol. The van der Waals surface area contributed by atoms with E-state index in [1.807, 2.05) is 24.3 Å². The molecule has 0 unspecified atom stereocenters. The van der Waals surface area contributed by atoms with Gasteiger partial charge in [-0.1, -0.05) is 29.4 Å². The molecule has 1 atom stereocenters. The number of benzene rings is 1. The van der Waals surface area contributed by atoms with Crippen LogP contribution in [0.3, 0.4) is 0 Å². The van der Waals surface area contributed by atoms with Crippen LogP contribution >= 0.6 is 0 Å². The summed E-state index contributed by atoms with van der Waals surface area (Å²) < 4.78 is 33.1. The number of sulfonamides is 1. The second-order valence-electron chi connectivity index (χ2n) is 5.66. The molecule has 0 bridgehead atoms. The minimum Gasteiger partial charge on any atom is -0.394 e. The van der Waals surface area contributed by atoms with Crippen molar-refractivity contribution >= 4 is 10.0 Å². The third-order valence-electron chi connectivity index (χ3n) is 4.19. The predicted octanol–water partition coefficient (Wildman–Crippen LogP) is 1.40. The first-order valence-electron chi connectivity index (χ1n) is 7.06. The Bertz CT molecular complexity index is 793. The molecular formula is C15H18N2O4S. The topological polar surface area (TPSA) is 92.4 Å². The molecule has 1 aliphatic carbocycles. The van der Waals surface area contributed by atoms with E-state index in [1.54, 1.807) is 13.8 Å². The van der Waals surface area contributed by atoms with Crippen molar-refractivity contribution in [2.75, 3.05) is 6.61 Å². The van der Waals surface area contributed by atoms with Crippen molar-refractivity contribution < 1.29 is 18.0 Å². The van der Waals surface area contributed by atoms with Gasteiger partial charge in [-0.25, -0.2) is 8.42 Å². The van der Waals surface area contributed by atoms with Crippen LogP contribution in [-0.2, 0) is 22.0 Å². The molecule has 7 heteroatoms. The van der Waals surface area contributed by atoms with E-state index in [1.165, 1.54) is 0 Å². The van der Waals surface area contributed by atoms with Gasteiger partial charge in [-0.15, -0.1) is 0 Å². The minimum absolute atomic E-state index is 0.0460. The number of aryl methyl sites for hydroxylation is 3. The summed E-state index contributed by atoms with van der Waals surface area (Å²) in [5.74, 6) is 0.240. The Morgan fingerprint density at radius 2 is 2.09 bits per heavy atom. The van der Waals surface area contributed by atoms with Crippen LogP contribution in [0.5, 0.6) is 0 Å². The molecule has 1 aromatic carbocycles. The van der Waals surface area contributed by atoms with Gasteiger partial charge < -0.3 is 9.63 Å². The third kappa shape index (κ3) is 2.25. The van der Waals surface area contributed by atoms with Gasteiger partial charge in [-0.3, -0.25) is 0 Å². The highest BCUT2D eigenvalue weighted by molar-refractivity contribution is 7.89. The summed E-state index contributed by atoms with van der Waals surface area (Å²) >= 11 is 0. The summed E-state index contributed by atoms with van der Waals surface area (Å²) in [6.07, 6.45) is 1.24. The monoisotopic (exact) mass is 322 g/mol. The second-order valence-corrected chi connectivity index (χ2v) is 7.28. The molecule has 1 aromatic heterocycles. The standard InChI is InChI=1S/C15H18N2O4S/c1-10-14(11(2)21-16-10)22(19,20)17-15(9-18)8-7-12-5-3-4-6-13(12)15/h3-6,17-18H,7-9H2,1-2H3/t15-/m0/s1. The molecule has 0 saturated carbocycles. The molecule has 6 nitrogen and oxygen atoms in total. The third-order valence-corrected chi connectivity index (χ3v) is 5.97. The average Bonchev–Trinajstić information content (AvgIpc) is 3.01. The SMILES string of the molecule is Cc1noc(C)c1S(=O)(=O)N[C@]1(CO)CCc2ccccc21. The van der Waals surface area contributed by atoms with Gasteiger partial charge in [0.15, 0.2) is 5.76 Å². The molecule has 1 aliphatic rings. The van der Waals surface area contributed by atoms with Gasteiger partial charge in [0.25, 0.3) is 0 Å². The Hall–Kier alpha value is -1.70. The zero-order valence-corrected chi connectivity index (χ0v) is 13.3. The highest BCUT2D eigenvalue weighted by atomic mass is 32.2. The number of hydrogen-bond acceptors (Lipinski definition) is 5. The van der Waals surface area contributed by atoms with Crippen molar-refractivity contribution in [3.63, 3.8) is 0 Å². The van der Waals surface area contributed by atoms with Gasteiger partial charge in [-0.05, 0) is 37.8 Å². The van der Waals surface area contributed by atoms with E-state index >= 15 is 0 Å². The summed E-state index contributed by atoms with van der Waals surface area (Å²) in [7, 11) is -3.84. The van der Waals surface area contributed by atoms with Crippen LogP contribution in [0.2, 0.25) is 0 Å². The highest BCUT2D eigenvalue weighted by Gasteiger charge is 2.42. The number of aliphatic hydroxyl groups is 1. The maximum atomic E-state index is 12.7. The van der Waals surface area contributed by atoms with Crippen LogP contribution in [0, 0.1) is 13.8 Å². The highest BCUT2D eigenvalue weighted by Crippen LogP contribution is 2.38. The van der Waals surface area contributed by atoms with Crippen molar-refractivity contribution in [2.24, 2.45) is 0 Å². The van der Waals surface area contributed by atoms with E-state index in [2.05, 4.69) is 9.88 Å². The number of hydrogen-bond donors (Lipinski definition) is 2. The Balaban J connectivity index is 2.05. The molecule has 0 amide bonds. The van der Waals surface area contributed by atoms with Gasteiger partial charge in [0.05, 0.1) is 12.1 Å². The van der Waals surface area contributed by atoms with E-state index in [0.29, 0.717) is 12.1 Å². The molecule has 1 heterocycles. The first-order chi connectivity index (χ1) is 10.4. The molecule has 2 N–H and O–H groups in total. The summed E-state index contributed by atoms with van der Waals surface area (Å²) in [5, 5.41) is 13.6. The normalized spacial score (nSPS) is 21.0. The van der Waals surface area contributed by atoms with Gasteiger partial charge in [0.1, 0.15) is 10.6 Å². The number of nitrogens with one attached hydrogen (secondary N) is 1. The van der Waals surface area contributed by atoms with E-state index in [4.69, 9.17) is 4.52 Å². The molecule has 0 saturated heterocycles. The van der Waals surface area contributed by atoms with Gasteiger partial charge in [0.2, 0.25) is 10.0 Å². The van der Waals surface area contributed by atoms with Gasteiger partial charge >= 0.3 is 0 Å². The Morgan fingerprint density at radius 3 is 2.73 bits per heavy atom. The summed E-state index contributed by atoms with van der Waals surface area (Å²) in [4.78, 5) is 0.0460.